The van der Waals surface area contributed by atoms with Gasteiger partial charge in [-0.3, -0.25) is 0 Å². The van der Waals surface area contributed by atoms with E-state index in [1.165, 1.54) is 6.07 Å². The van der Waals surface area contributed by atoms with Crippen LogP contribution in [0.2, 0.25) is 0 Å². The Morgan fingerprint density at radius 1 is 1.30 bits per heavy atom. The maximum atomic E-state index is 12.6. The van der Waals surface area contributed by atoms with Gasteiger partial charge in [0.15, 0.2) is 0 Å². The molecule has 0 saturated heterocycles. The summed E-state index contributed by atoms with van der Waals surface area (Å²) in [5.41, 5.74) is 1.29. The van der Waals surface area contributed by atoms with Gasteiger partial charge in [-0.2, -0.15) is 4.98 Å². The van der Waals surface area contributed by atoms with Crippen LogP contribution in [0.4, 0.5) is 17.5 Å². The molecule has 30 heavy (non-hydrogen) atoms. The quantitative estimate of drug-likeness (QED) is 0.326. The standard InChI is InChI=1S/C18H20BrN5O4S2/c1-28-15-5-3-2-4-12(15)9-22-30(26,27)16-8-13(11-29-16)23-18-21-10-14(19)17(24-18)20-6-7-25/h2-5,8,10-11,22,25H,6-7,9H2,1H3,(H2,20,21,23,24). The van der Waals surface area contributed by atoms with Crippen molar-refractivity contribution in [1.82, 2.24) is 14.7 Å². The summed E-state index contributed by atoms with van der Waals surface area (Å²) < 4.78 is 33.9. The Labute approximate surface area is 186 Å². The second-order valence-corrected chi connectivity index (χ2v) is 9.72. The van der Waals surface area contributed by atoms with Crippen LogP contribution in [0, 0.1) is 0 Å². The van der Waals surface area contributed by atoms with Crippen LogP contribution in [0.1, 0.15) is 5.56 Å². The number of hydrogen-bond donors (Lipinski definition) is 4. The van der Waals surface area contributed by atoms with Gasteiger partial charge in [-0.25, -0.2) is 18.1 Å². The smallest absolute Gasteiger partial charge is 0.250 e. The topological polar surface area (TPSA) is 125 Å². The van der Waals surface area contributed by atoms with Crippen molar-refractivity contribution in [3.63, 3.8) is 0 Å². The van der Waals surface area contributed by atoms with Crippen LogP contribution in [-0.2, 0) is 16.6 Å². The van der Waals surface area contributed by atoms with E-state index < -0.39 is 10.0 Å². The molecule has 160 valence electrons. The third kappa shape index (κ3) is 5.67. The largest absolute Gasteiger partial charge is 0.496 e. The van der Waals surface area contributed by atoms with Crippen LogP contribution in [0.5, 0.6) is 5.75 Å². The zero-order chi connectivity index (χ0) is 21.6. The number of anilines is 3. The van der Waals surface area contributed by atoms with Gasteiger partial charge in [0, 0.05) is 30.2 Å². The highest BCUT2D eigenvalue weighted by Gasteiger charge is 2.18. The van der Waals surface area contributed by atoms with Gasteiger partial charge < -0.3 is 20.5 Å². The average molecular weight is 514 g/mol. The van der Waals surface area contributed by atoms with E-state index >= 15 is 0 Å². The Morgan fingerprint density at radius 2 is 2.10 bits per heavy atom. The summed E-state index contributed by atoms with van der Waals surface area (Å²) in [6.45, 7) is 0.420. The Bertz CT molecular complexity index is 1110. The molecule has 9 nitrogen and oxygen atoms in total. The van der Waals surface area contributed by atoms with Crippen LogP contribution in [0.15, 0.2) is 50.6 Å². The lowest BCUT2D eigenvalue weighted by Crippen LogP contribution is -2.22. The number of aliphatic hydroxyl groups is 1. The van der Waals surface area contributed by atoms with Gasteiger partial charge in [0.1, 0.15) is 15.8 Å². The highest BCUT2D eigenvalue weighted by atomic mass is 79.9. The minimum atomic E-state index is -3.70. The van der Waals surface area contributed by atoms with Crippen molar-refractivity contribution in [3.8, 4) is 5.75 Å². The molecule has 0 aliphatic rings. The van der Waals surface area contributed by atoms with E-state index in [1.807, 2.05) is 12.1 Å². The molecule has 12 heteroatoms. The Morgan fingerprint density at radius 3 is 2.87 bits per heavy atom. The lowest BCUT2D eigenvalue weighted by Gasteiger charge is -2.09. The predicted molar refractivity (Wildman–Crippen MR) is 120 cm³/mol. The van der Waals surface area contributed by atoms with E-state index in [1.54, 1.807) is 30.8 Å². The molecule has 0 saturated carbocycles. The first-order valence-electron chi connectivity index (χ1n) is 8.77. The SMILES string of the molecule is COc1ccccc1CNS(=O)(=O)c1cc(Nc2ncc(Br)c(NCCO)n2)cs1. The number of hydrogen-bond acceptors (Lipinski definition) is 9. The van der Waals surface area contributed by atoms with Crippen molar-refractivity contribution in [2.45, 2.75) is 10.8 Å². The summed E-state index contributed by atoms with van der Waals surface area (Å²) in [5.74, 6) is 1.43. The molecule has 0 aliphatic carbocycles. The number of benzene rings is 1. The number of rotatable bonds is 10. The fraction of sp³-hybridized carbons (Fsp3) is 0.222. The number of aliphatic hydroxyl groups excluding tert-OH is 1. The predicted octanol–water partition coefficient (Wildman–Crippen LogP) is 2.94. The number of sulfonamides is 1. The normalized spacial score (nSPS) is 11.3. The van der Waals surface area contributed by atoms with Gasteiger partial charge in [-0.05, 0) is 28.1 Å². The van der Waals surface area contributed by atoms with E-state index in [0.29, 0.717) is 34.2 Å². The molecule has 3 aromatic rings. The molecule has 2 aromatic heterocycles. The third-order valence-electron chi connectivity index (χ3n) is 3.89. The number of ether oxygens (including phenoxy) is 1. The zero-order valence-corrected chi connectivity index (χ0v) is 19.1. The maximum absolute atomic E-state index is 12.6. The maximum Gasteiger partial charge on any atom is 0.250 e. The first kappa shape index (κ1) is 22.4. The fourth-order valence-electron chi connectivity index (χ4n) is 2.47. The van der Waals surface area contributed by atoms with E-state index in [0.717, 1.165) is 16.9 Å². The van der Waals surface area contributed by atoms with Crippen molar-refractivity contribution in [3.05, 3.63) is 51.9 Å². The fourth-order valence-corrected chi connectivity index (χ4v) is 4.96. The van der Waals surface area contributed by atoms with Gasteiger partial charge >= 0.3 is 0 Å². The second kappa shape index (κ2) is 10.2. The summed E-state index contributed by atoms with van der Waals surface area (Å²) >= 11 is 4.42. The van der Waals surface area contributed by atoms with E-state index in [9.17, 15) is 8.42 Å². The molecule has 0 aliphatic heterocycles. The number of methoxy groups -OCH3 is 1. The molecule has 0 spiro atoms. The lowest BCUT2D eigenvalue weighted by atomic mass is 10.2. The second-order valence-electron chi connectivity index (χ2n) is 5.96. The summed E-state index contributed by atoms with van der Waals surface area (Å²) in [6.07, 6.45) is 1.56. The minimum Gasteiger partial charge on any atom is -0.496 e. The first-order chi connectivity index (χ1) is 14.4. The lowest BCUT2D eigenvalue weighted by molar-refractivity contribution is 0.311. The molecule has 4 N–H and O–H groups in total. The molecule has 0 fully saturated rings. The number of para-hydroxylation sites is 1. The van der Waals surface area contributed by atoms with E-state index in [4.69, 9.17) is 9.84 Å². The average Bonchev–Trinajstić information content (AvgIpc) is 3.22. The zero-order valence-electron chi connectivity index (χ0n) is 15.9. The molecule has 0 amide bonds. The summed E-state index contributed by atoms with van der Waals surface area (Å²) in [7, 11) is -2.16. The van der Waals surface area contributed by atoms with Gasteiger partial charge in [0.05, 0.1) is 23.9 Å². The van der Waals surface area contributed by atoms with Crippen molar-refractivity contribution >= 4 is 54.7 Å². The number of nitrogens with one attached hydrogen (secondary N) is 3. The van der Waals surface area contributed by atoms with Crippen molar-refractivity contribution in [1.29, 1.82) is 0 Å². The number of halogens is 1. The van der Waals surface area contributed by atoms with Crippen molar-refractivity contribution in [2.75, 3.05) is 30.9 Å². The molecule has 0 atom stereocenters. The van der Waals surface area contributed by atoms with Crippen LogP contribution >= 0.6 is 27.3 Å². The van der Waals surface area contributed by atoms with Crippen LogP contribution < -0.4 is 20.1 Å². The molecule has 0 radical (unpaired) electrons. The monoisotopic (exact) mass is 513 g/mol. The Balaban J connectivity index is 1.69. The van der Waals surface area contributed by atoms with Crippen molar-refractivity contribution < 1.29 is 18.3 Å². The van der Waals surface area contributed by atoms with Gasteiger partial charge in [0.2, 0.25) is 16.0 Å². The molecule has 3 rings (SSSR count). The van der Waals surface area contributed by atoms with Crippen LogP contribution in [-0.4, -0.2) is 43.8 Å². The van der Waals surface area contributed by atoms with E-state index in [2.05, 4.69) is 41.3 Å². The van der Waals surface area contributed by atoms with Gasteiger partial charge in [-0.15, -0.1) is 11.3 Å². The highest BCUT2D eigenvalue weighted by molar-refractivity contribution is 9.10. The van der Waals surface area contributed by atoms with Crippen LogP contribution in [0.3, 0.4) is 0 Å². The minimum absolute atomic E-state index is 0.0349. The summed E-state index contributed by atoms with van der Waals surface area (Å²) in [5, 5.41) is 16.6. The molecule has 1 aromatic carbocycles. The van der Waals surface area contributed by atoms with Crippen LogP contribution in [0.25, 0.3) is 0 Å². The molecular formula is C18H20BrN5O4S2. The molecular weight excluding hydrogens is 494 g/mol. The Hall–Kier alpha value is -2.25. The number of aromatic nitrogens is 2. The van der Waals surface area contributed by atoms with Gasteiger partial charge in [0.25, 0.3) is 0 Å². The molecule has 2 heterocycles. The highest BCUT2D eigenvalue weighted by Crippen LogP contribution is 2.27. The number of nitrogens with zero attached hydrogens (tertiary/aromatic N) is 2. The first-order valence-corrected chi connectivity index (χ1v) is 11.9. The third-order valence-corrected chi connectivity index (χ3v) is 7.31. The van der Waals surface area contributed by atoms with E-state index in [-0.39, 0.29) is 17.4 Å². The molecule has 0 bridgehead atoms. The molecule has 0 unspecified atom stereocenters. The Kier molecular flexibility index (Phi) is 7.61. The summed E-state index contributed by atoms with van der Waals surface area (Å²) in [4.78, 5) is 8.47. The number of thiophene rings is 1. The summed E-state index contributed by atoms with van der Waals surface area (Å²) in [6, 6.07) is 8.74. The van der Waals surface area contributed by atoms with Crippen molar-refractivity contribution in [2.24, 2.45) is 0 Å². The van der Waals surface area contributed by atoms with Gasteiger partial charge in [-0.1, -0.05) is 18.2 Å².